The topological polar surface area (TPSA) is 12.0 Å². The molecule has 0 spiro atoms. The van der Waals surface area contributed by atoms with Gasteiger partial charge in [-0.15, -0.1) is 0 Å². The summed E-state index contributed by atoms with van der Waals surface area (Å²) in [6.07, 6.45) is 5.54. The summed E-state index contributed by atoms with van der Waals surface area (Å²) in [5.41, 5.74) is 2.72. The average Bonchev–Trinajstić information content (AvgIpc) is 2.05. The molecule has 3 heteroatoms. The van der Waals surface area contributed by atoms with E-state index in [1.54, 1.807) is 11.9 Å². The molecule has 60 valence electrons. The molecule has 1 aliphatic rings. The second-order valence-corrected chi connectivity index (χ2v) is 4.02. The zero-order valence-corrected chi connectivity index (χ0v) is 8.16. The molecule has 0 fully saturated rings. The van der Waals surface area contributed by atoms with Crippen molar-refractivity contribution in [3.63, 3.8) is 0 Å². The Kier molecular flexibility index (Phi) is 3.12. The van der Waals surface area contributed by atoms with Crippen LogP contribution in [0.4, 0.5) is 0 Å². The van der Waals surface area contributed by atoms with Crippen molar-refractivity contribution in [3.05, 3.63) is 23.4 Å². The number of rotatable bonds is 1. The highest BCUT2D eigenvalue weighted by Gasteiger charge is 2.06. The number of hydrogen-bond acceptors (Lipinski definition) is 2. The lowest BCUT2D eigenvalue weighted by Gasteiger charge is -2.17. The lowest BCUT2D eigenvalue weighted by molar-refractivity contribution is 1.03. The van der Waals surface area contributed by atoms with Gasteiger partial charge in [-0.1, -0.05) is 24.9 Å². The van der Waals surface area contributed by atoms with E-state index in [1.807, 2.05) is 0 Å². The third kappa shape index (κ3) is 2.33. The highest BCUT2D eigenvalue weighted by atomic mass is 32.2. The van der Waals surface area contributed by atoms with Crippen LogP contribution in [0, 0.1) is 0 Å². The van der Waals surface area contributed by atoms with Crippen LogP contribution in [0.15, 0.2) is 23.4 Å². The lowest BCUT2D eigenvalue weighted by atomic mass is 10.0. The molecule has 1 nitrogen and oxygen atoms in total. The van der Waals surface area contributed by atoms with E-state index in [0.717, 1.165) is 6.42 Å². The second-order valence-electron chi connectivity index (χ2n) is 2.83. The average molecular weight is 167 g/mol. The molecule has 1 atom stereocenters. The standard InChI is InChI=1S/C8H14BNS/c1-3-6(2)7-4-5-8(9)11-10-7/h4-5,8,10H,3,9H2,1-2H3/b7-6-. The van der Waals surface area contributed by atoms with Crippen molar-refractivity contribution in [1.29, 1.82) is 0 Å². The summed E-state index contributed by atoms with van der Waals surface area (Å²) in [6, 6.07) is 0. The van der Waals surface area contributed by atoms with E-state index < -0.39 is 0 Å². The Morgan fingerprint density at radius 3 is 3.00 bits per heavy atom. The van der Waals surface area contributed by atoms with Crippen LogP contribution in [-0.2, 0) is 0 Å². The zero-order valence-electron chi connectivity index (χ0n) is 7.35. The van der Waals surface area contributed by atoms with Gasteiger partial charge < -0.3 is 4.72 Å². The summed E-state index contributed by atoms with van der Waals surface area (Å²) in [6.45, 7) is 4.35. The van der Waals surface area contributed by atoms with Gasteiger partial charge in [-0.25, -0.2) is 0 Å². The molecule has 0 aromatic heterocycles. The summed E-state index contributed by atoms with van der Waals surface area (Å²) in [5.74, 6) is 0. The summed E-state index contributed by atoms with van der Waals surface area (Å²) < 4.78 is 3.33. The Bertz CT molecular complexity index is 198. The molecule has 0 aliphatic carbocycles. The van der Waals surface area contributed by atoms with Gasteiger partial charge in [0.1, 0.15) is 7.85 Å². The molecule has 1 rings (SSSR count). The van der Waals surface area contributed by atoms with Crippen molar-refractivity contribution >= 4 is 19.8 Å². The minimum absolute atomic E-state index is 0.600. The van der Waals surface area contributed by atoms with Gasteiger partial charge in [0.15, 0.2) is 0 Å². The minimum atomic E-state index is 0.600. The number of hydrogen-bond donors (Lipinski definition) is 1. The molecule has 0 saturated carbocycles. The van der Waals surface area contributed by atoms with E-state index in [9.17, 15) is 0 Å². The van der Waals surface area contributed by atoms with Gasteiger partial charge in [-0.05, 0) is 25.0 Å². The van der Waals surface area contributed by atoms with Crippen LogP contribution in [-0.4, -0.2) is 13.0 Å². The molecule has 0 radical (unpaired) electrons. The summed E-state index contributed by atoms with van der Waals surface area (Å²) in [7, 11) is 2.19. The predicted molar refractivity (Wildman–Crippen MR) is 55.2 cm³/mol. The van der Waals surface area contributed by atoms with E-state index in [2.05, 4.69) is 38.6 Å². The third-order valence-electron chi connectivity index (χ3n) is 1.88. The lowest BCUT2D eigenvalue weighted by Crippen LogP contribution is -2.15. The summed E-state index contributed by atoms with van der Waals surface area (Å²) >= 11 is 1.78. The summed E-state index contributed by atoms with van der Waals surface area (Å²) in [5, 5.41) is 0.600. The van der Waals surface area contributed by atoms with Gasteiger partial charge in [0.2, 0.25) is 0 Å². The van der Waals surface area contributed by atoms with Gasteiger partial charge >= 0.3 is 0 Å². The van der Waals surface area contributed by atoms with E-state index in [4.69, 9.17) is 0 Å². The van der Waals surface area contributed by atoms with Crippen molar-refractivity contribution in [2.24, 2.45) is 0 Å². The van der Waals surface area contributed by atoms with Crippen LogP contribution < -0.4 is 4.72 Å². The van der Waals surface area contributed by atoms with Crippen molar-refractivity contribution in [2.75, 3.05) is 0 Å². The molecule has 1 heterocycles. The maximum Gasteiger partial charge on any atom is 0.125 e. The monoisotopic (exact) mass is 167 g/mol. The smallest absolute Gasteiger partial charge is 0.125 e. The number of nitrogens with one attached hydrogen (secondary N) is 1. The van der Waals surface area contributed by atoms with Crippen molar-refractivity contribution in [3.8, 4) is 0 Å². The Hall–Kier alpha value is -0.305. The number of allylic oxidation sites excluding steroid dienone is 2. The summed E-state index contributed by atoms with van der Waals surface area (Å²) in [4.78, 5) is 0. The fourth-order valence-corrected chi connectivity index (χ4v) is 1.59. The first kappa shape index (κ1) is 8.79. The molecule has 1 unspecified atom stereocenters. The Balaban J connectivity index is 2.70. The van der Waals surface area contributed by atoms with Crippen LogP contribution in [0.5, 0.6) is 0 Å². The predicted octanol–water partition coefficient (Wildman–Crippen LogP) is 1.44. The normalized spacial score (nSPS) is 28.0. The highest BCUT2D eigenvalue weighted by Crippen LogP contribution is 2.18. The first-order chi connectivity index (χ1) is 5.24. The molecule has 0 aromatic rings. The Morgan fingerprint density at radius 2 is 2.55 bits per heavy atom. The molecule has 0 saturated heterocycles. The largest absolute Gasteiger partial charge is 0.330 e. The maximum absolute atomic E-state index is 3.33. The highest BCUT2D eigenvalue weighted by molar-refractivity contribution is 7.99. The SMILES string of the molecule is BC1C=C/C(=C(\C)CC)NS1. The molecular weight excluding hydrogens is 153 g/mol. The van der Waals surface area contributed by atoms with Crippen LogP contribution in [0.3, 0.4) is 0 Å². The van der Waals surface area contributed by atoms with Gasteiger partial charge in [-0.2, -0.15) is 0 Å². The van der Waals surface area contributed by atoms with Crippen LogP contribution >= 0.6 is 11.9 Å². The molecule has 0 bridgehead atoms. The van der Waals surface area contributed by atoms with Gasteiger partial charge in [0.05, 0.1) is 0 Å². The van der Waals surface area contributed by atoms with Crippen molar-refractivity contribution in [1.82, 2.24) is 4.72 Å². The molecular formula is C8H14BNS. The third-order valence-corrected chi connectivity index (χ3v) is 2.75. The van der Waals surface area contributed by atoms with E-state index in [0.29, 0.717) is 5.15 Å². The van der Waals surface area contributed by atoms with E-state index in [-0.39, 0.29) is 0 Å². The van der Waals surface area contributed by atoms with Crippen LogP contribution in [0.25, 0.3) is 0 Å². The van der Waals surface area contributed by atoms with E-state index in [1.165, 1.54) is 11.3 Å². The molecule has 0 amide bonds. The fourth-order valence-electron chi connectivity index (χ4n) is 0.881. The van der Waals surface area contributed by atoms with Crippen molar-refractivity contribution in [2.45, 2.75) is 25.4 Å². The molecule has 1 N–H and O–H groups in total. The first-order valence-electron chi connectivity index (χ1n) is 4.03. The fraction of sp³-hybridized carbons (Fsp3) is 0.500. The Morgan fingerprint density at radius 1 is 1.82 bits per heavy atom. The molecule has 0 aromatic carbocycles. The van der Waals surface area contributed by atoms with Gasteiger partial charge in [0, 0.05) is 10.8 Å². The van der Waals surface area contributed by atoms with E-state index >= 15 is 0 Å². The first-order valence-corrected chi connectivity index (χ1v) is 4.91. The van der Waals surface area contributed by atoms with Crippen LogP contribution in [0.1, 0.15) is 20.3 Å². The van der Waals surface area contributed by atoms with Gasteiger partial charge in [-0.3, -0.25) is 0 Å². The quantitative estimate of drug-likeness (QED) is 0.468. The van der Waals surface area contributed by atoms with Crippen molar-refractivity contribution < 1.29 is 0 Å². The van der Waals surface area contributed by atoms with Crippen LogP contribution in [0.2, 0.25) is 0 Å². The Labute approximate surface area is 73.9 Å². The van der Waals surface area contributed by atoms with Gasteiger partial charge in [0.25, 0.3) is 0 Å². The molecule has 11 heavy (non-hydrogen) atoms. The maximum atomic E-state index is 3.33. The minimum Gasteiger partial charge on any atom is -0.330 e. The molecule has 1 aliphatic heterocycles. The zero-order chi connectivity index (χ0) is 8.27. The second kappa shape index (κ2) is 3.91.